The molecule has 6 nitrogen and oxygen atoms in total. The molecule has 0 aliphatic carbocycles. The van der Waals surface area contributed by atoms with Crippen LogP contribution in [-0.4, -0.2) is 63.9 Å². The summed E-state index contributed by atoms with van der Waals surface area (Å²) >= 11 is 1.33. The number of nitrogens with zero attached hydrogens (tertiary/aromatic N) is 4. The molecule has 1 amide bonds. The van der Waals surface area contributed by atoms with Gasteiger partial charge in [-0.3, -0.25) is 4.79 Å². The third kappa shape index (κ3) is 4.94. The molecule has 0 bridgehead atoms. The first-order chi connectivity index (χ1) is 13.3. The lowest BCUT2D eigenvalue weighted by Crippen LogP contribution is -2.50. The van der Waals surface area contributed by atoms with Gasteiger partial charge in [-0.05, 0) is 36.6 Å². The van der Waals surface area contributed by atoms with Gasteiger partial charge in [0.05, 0.1) is 5.25 Å². The fraction of sp³-hybridized carbons (Fsp3) is 0.571. The van der Waals surface area contributed by atoms with Crippen molar-refractivity contribution in [3.63, 3.8) is 0 Å². The molecule has 1 aliphatic heterocycles. The SMILES string of the molecule is CCN1CCN(C(=O)[C@@H](C)Sc2nnc(-c3ccc(C(C)(C)C)cc3)o2)CC1. The molecule has 2 aromatic rings. The first kappa shape index (κ1) is 20.9. The van der Waals surface area contributed by atoms with E-state index in [0.717, 1.165) is 38.3 Å². The lowest BCUT2D eigenvalue weighted by molar-refractivity contribution is -0.132. The molecule has 0 N–H and O–H groups in total. The summed E-state index contributed by atoms with van der Waals surface area (Å²) in [5.41, 5.74) is 2.25. The van der Waals surface area contributed by atoms with E-state index in [1.165, 1.54) is 17.3 Å². The fourth-order valence-electron chi connectivity index (χ4n) is 3.23. The molecule has 1 aromatic heterocycles. The van der Waals surface area contributed by atoms with Crippen molar-refractivity contribution in [3.05, 3.63) is 29.8 Å². The van der Waals surface area contributed by atoms with Gasteiger partial charge in [0.25, 0.3) is 5.22 Å². The molecule has 0 unspecified atom stereocenters. The molecule has 1 aromatic carbocycles. The van der Waals surface area contributed by atoms with Crippen molar-refractivity contribution in [1.29, 1.82) is 0 Å². The summed E-state index contributed by atoms with van der Waals surface area (Å²) < 4.78 is 5.80. The lowest BCUT2D eigenvalue weighted by atomic mass is 9.87. The van der Waals surface area contributed by atoms with Gasteiger partial charge in [0.2, 0.25) is 11.8 Å². The maximum Gasteiger partial charge on any atom is 0.277 e. The molecule has 1 saturated heterocycles. The Morgan fingerprint density at radius 1 is 1.14 bits per heavy atom. The number of rotatable bonds is 5. The first-order valence-corrected chi connectivity index (χ1v) is 10.8. The van der Waals surface area contributed by atoms with E-state index in [-0.39, 0.29) is 16.6 Å². The average Bonchev–Trinajstić information content (AvgIpc) is 3.15. The molecule has 1 fully saturated rings. The van der Waals surface area contributed by atoms with Crippen LogP contribution >= 0.6 is 11.8 Å². The van der Waals surface area contributed by atoms with E-state index in [2.05, 4.69) is 54.9 Å². The summed E-state index contributed by atoms with van der Waals surface area (Å²) in [5, 5.41) is 8.47. The minimum absolute atomic E-state index is 0.104. The normalized spacial score (nSPS) is 17.0. The van der Waals surface area contributed by atoms with Gasteiger partial charge >= 0.3 is 0 Å². The van der Waals surface area contributed by atoms with Crippen molar-refractivity contribution in [2.45, 2.75) is 50.5 Å². The highest BCUT2D eigenvalue weighted by molar-refractivity contribution is 8.00. The molecule has 1 atom stereocenters. The Hall–Kier alpha value is -1.86. The minimum Gasteiger partial charge on any atom is -0.411 e. The number of thioether (sulfide) groups is 1. The quantitative estimate of drug-likeness (QED) is 0.711. The highest BCUT2D eigenvalue weighted by atomic mass is 32.2. The molecule has 0 radical (unpaired) electrons. The monoisotopic (exact) mass is 402 g/mol. The number of hydrogen-bond donors (Lipinski definition) is 0. The summed E-state index contributed by atoms with van der Waals surface area (Å²) in [7, 11) is 0. The molecular formula is C21H30N4O2S. The molecule has 3 rings (SSSR count). The van der Waals surface area contributed by atoms with E-state index < -0.39 is 0 Å². The van der Waals surface area contributed by atoms with Gasteiger partial charge in [-0.2, -0.15) is 0 Å². The van der Waals surface area contributed by atoms with E-state index >= 15 is 0 Å². The Bertz CT molecular complexity index is 789. The number of amides is 1. The number of likely N-dealkylation sites (N-methyl/N-ethyl adjacent to an activating group) is 1. The van der Waals surface area contributed by atoms with Gasteiger partial charge in [-0.25, -0.2) is 0 Å². The first-order valence-electron chi connectivity index (χ1n) is 9.90. The van der Waals surface area contributed by atoms with Gasteiger partial charge in [0.15, 0.2) is 0 Å². The summed E-state index contributed by atoms with van der Waals surface area (Å²) in [6.45, 7) is 15.1. The van der Waals surface area contributed by atoms with Crippen LogP contribution in [-0.2, 0) is 10.2 Å². The number of carbonyl (C=O) groups excluding carboxylic acids is 1. The van der Waals surface area contributed by atoms with Crippen LogP contribution in [0.25, 0.3) is 11.5 Å². The zero-order valence-electron chi connectivity index (χ0n) is 17.4. The van der Waals surface area contributed by atoms with Crippen LogP contribution in [0.3, 0.4) is 0 Å². The minimum atomic E-state index is -0.246. The van der Waals surface area contributed by atoms with Crippen LogP contribution < -0.4 is 0 Å². The second kappa shape index (κ2) is 8.66. The van der Waals surface area contributed by atoms with Crippen LogP contribution in [0.5, 0.6) is 0 Å². The number of aromatic nitrogens is 2. The van der Waals surface area contributed by atoms with Gasteiger partial charge < -0.3 is 14.2 Å². The second-order valence-electron chi connectivity index (χ2n) is 8.22. The van der Waals surface area contributed by atoms with E-state index in [1.807, 2.05) is 24.0 Å². The summed E-state index contributed by atoms with van der Waals surface area (Å²) in [5.74, 6) is 0.620. The van der Waals surface area contributed by atoms with Gasteiger partial charge in [-0.15, -0.1) is 10.2 Å². The Morgan fingerprint density at radius 3 is 2.36 bits per heavy atom. The molecule has 0 spiro atoms. The lowest BCUT2D eigenvalue weighted by Gasteiger charge is -2.35. The summed E-state index contributed by atoms with van der Waals surface area (Å²) in [6.07, 6.45) is 0. The van der Waals surface area contributed by atoms with Gasteiger partial charge in [0.1, 0.15) is 0 Å². The Morgan fingerprint density at radius 2 is 1.79 bits per heavy atom. The Kier molecular flexibility index (Phi) is 6.45. The van der Waals surface area contributed by atoms with Crippen molar-refractivity contribution in [1.82, 2.24) is 20.0 Å². The highest BCUT2D eigenvalue weighted by Gasteiger charge is 2.26. The number of carbonyl (C=O) groups is 1. The summed E-state index contributed by atoms with van der Waals surface area (Å²) in [6, 6.07) is 8.19. The maximum atomic E-state index is 12.7. The maximum absolute atomic E-state index is 12.7. The zero-order valence-corrected chi connectivity index (χ0v) is 18.3. The smallest absolute Gasteiger partial charge is 0.277 e. The van der Waals surface area contributed by atoms with Crippen LogP contribution in [0.4, 0.5) is 0 Å². The largest absolute Gasteiger partial charge is 0.411 e. The van der Waals surface area contributed by atoms with Crippen molar-refractivity contribution in [2.75, 3.05) is 32.7 Å². The number of piperazine rings is 1. The van der Waals surface area contributed by atoms with E-state index in [1.54, 1.807) is 0 Å². The zero-order chi connectivity index (χ0) is 20.3. The second-order valence-corrected chi connectivity index (χ2v) is 9.51. The predicted octanol–water partition coefficient (Wildman–Crippen LogP) is 3.68. The number of hydrogen-bond acceptors (Lipinski definition) is 6. The third-order valence-electron chi connectivity index (χ3n) is 5.16. The van der Waals surface area contributed by atoms with E-state index in [9.17, 15) is 4.79 Å². The molecular weight excluding hydrogens is 372 g/mol. The molecule has 152 valence electrons. The predicted molar refractivity (Wildman–Crippen MR) is 112 cm³/mol. The van der Waals surface area contributed by atoms with Gasteiger partial charge in [0, 0.05) is 31.7 Å². The Labute approximate surface area is 171 Å². The molecule has 28 heavy (non-hydrogen) atoms. The van der Waals surface area contributed by atoms with Crippen LogP contribution in [0.1, 0.15) is 40.2 Å². The third-order valence-corrected chi connectivity index (χ3v) is 6.08. The summed E-state index contributed by atoms with van der Waals surface area (Å²) in [4.78, 5) is 17.0. The van der Waals surface area contributed by atoms with Crippen molar-refractivity contribution in [3.8, 4) is 11.5 Å². The molecule has 0 saturated carbocycles. The van der Waals surface area contributed by atoms with Crippen LogP contribution in [0.15, 0.2) is 33.9 Å². The van der Waals surface area contributed by atoms with E-state index in [0.29, 0.717) is 11.1 Å². The standard InChI is InChI=1S/C21H30N4O2S/c1-6-24-11-13-25(14-12-24)19(26)15(2)28-20-23-22-18(27-20)16-7-9-17(10-8-16)21(3,4)5/h7-10,15H,6,11-14H2,1-5H3/t15-/m1/s1. The Balaban J connectivity index is 1.60. The number of benzene rings is 1. The van der Waals surface area contributed by atoms with Crippen molar-refractivity contribution >= 4 is 17.7 Å². The van der Waals surface area contributed by atoms with Gasteiger partial charge in [-0.1, -0.05) is 51.6 Å². The van der Waals surface area contributed by atoms with Crippen LogP contribution in [0, 0.1) is 0 Å². The highest BCUT2D eigenvalue weighted by Crippen LogP contribution is 2.29. The van der Waals surface area contributed by atoms with E-state index in [4.69, 9.17) is 4.42 Å². The molecule has 2 heterocycles. The molecule has 7 heteroatoms. The molecule has 1 aliphatic rings. The van der Waals surface area contributed by atoms with Crippen molar-refractivity contribution < 1.29 is 9.21 Å². The topological polar surface area (TPSA) is 62.5 Å². The average molecular weight is 403 g/mol. The van der Waals surface area contributed by atoms with Crippen LogP contribution in [0.2, 0.25) is 0 Å². The van der Waals surface area contributed by atoms with Crippen molar-refractivity contribution in [2.24, 2.45) is 0 Å². The fourth-order valence-corrected chi connectivity index (χ4v) is 4.00.